The first-order chi connectivity index (χ1) is 10.1. The minimum Gasteiger partial charge on any atom is -0.320 e. The number of carbonyl (C=O) groups excluding carboxylic acids is 1. The number of pyridine rings is 1. The Hall–Kier alpha value is -2.64. The van der Waals surface area contributed by atoms with Gasteiger partial charge in [-0.1, -0.05) is 17.9 Å². The fourth-order valence-electron chi connectivity index (χ4n) is 1.94. The van der Waals surface area contributed by atoms with E-state index >= 15 is 0 Å². The monoisotopic (exact) mass is 279 g/mol. The van der Waals surface area contributed by atoms with E-state index in [4.69, 9.17) is 5.73 Å². The van der Waals surface area contributed by atoms with Crippen molar-refractivity contribution in [1.82, 2.24) is 4.98 Å². The Labute approximate surface area is 124 Å². The van der Waals surface area contributed by atoms with E-state index in [0.29, 0.717) is 12.2 Å². The number of carbonyl (C=O) groups is 1. The van der Waals surface area contributed by atoms with Crippen LogP contribution in [0.25, 0.3) is 0 Å². The van der Waals surface area contributed by atoms with Gasteiger partial charge in [-0.3, -0.25) is 9.78 Å². The molecule has 2 rings (SSSR count). The topological polar surface area (TPSA) is 68.0 Å². The lowest BCUT2D eigenvalue weighted by atomic mass is 10.1. The zero-order chi connectivity index (χ0) is 15.2. The molecule has 0 aliphatic rings. The lowest BCUT2D eigenvalue weighted by molar-refractivity contribution is 0.102. The Morgan fingerprint density at radius 2 is 2.10 bits per heavy atom. The zero-order valence-electron chi connectivity index (χ0n) is 12.1. The molecular formula is C17H17N3O. The minimum absolute atomic E-state index is 0.211. The van der Waals surface area contributed by atoms with E-state index < -0.39 is 0 Å². The summed E-state index contributed by atoms with van der Waals surface area (Å²) in [4.78, 5) is 16.3. The van der Waals surface area contributed by atoms with Crippen LogP contribution in [0.5, 0.6) is 0 Å². The minimum atomic E-state index is -0.211. The van der Waals surface area contributed by atoms with E-state index in [1.807, 2.05) is 44.2 Å². The van der Waals surface area contributed by atoms with Crippen LogP contribution in [0.1, 0.15) is 27.2 Å². The van der Waals surface area contributed by atoms with Gasteiger partial charge in [-0.05, 0) is 49.2 Å². The van der Waals surface area contributed by atoms with Crippen LogP contribution in [0.4, 0.5) is 5.69 Å². The molecule has 0 unspecified atom stereocenters. The van der Waals surface area contributed by atoms with Crippen molar-refractivity contribution < 1.29 is 4.79 Å². The maximum Gasteiger partial charge on any atom is 0.274 e. The van der Waals surface area contributed by atoms with E-state index in [1.165, 1.54) is 0 Å². The number of nitrogens with two attached hydrogens (primary N) is 1. The Kier molecular flexibility index (Phi) is 4.70. The van der Waals surface area contributed by atoms with Gasteiger partial charge in [0.05, 0.1) is 6.54 Å². The molecule has 0 aliphatic heterocycles. The molecule has 4 nitrogen and oxygen atoms in total. The summed E-state index contributed by atoms with van der Waals surface area (Å²) in [6.07, 6.45) is 1.61. The summed E-state index contributed by atoms with van der Waals surface area (Å²) in [6.45, 7) is 4.12. The van der Waals surface area contributed by atoms with Crippen LogP contribution in [0.2, 0.25) is 0 Å². The number of rotatable bonds is 2. The van der Waals surface area contributed by atoms with E-state index in [2.05, 4.69) is 22.1 Å². The predicted octanol–water partition coefficient (Wildman–Crippen LogP) is 2.26. The normalized spacial score (nSPS) is 9.67. The molecule has 0 aliphatic carbocycles. The van der Waals surface area contributed by atoms with Gasteiger partial charge in [-0.15, -0.1) is 0 Å². The number of amides is 1. The third kappa shape index (κ3) is 3.68. The molecule has 1 heterocycles. The van der Waals surface area contributed by atoms with Gasteiger partial charge >= 0.3 is 0 Å². The van der Waals surface area contributed by atoms with Gasteiger partial charge in [-0.25, -0.2) is 0 Å². The van der Waals surface area contributed by atoms with Gasteiger partial charge in [-0.2, -0.15) is 0 Å². The number of hydrogen-bond donors (Lipinski definition) is 2. The van der Waals surface area contributed by atoms with Crippen LogP contribution in [0.3, 0.4) is 0 Å². The number of nitrogens with zero attached hydrogens (tertiary/aromatic N) is 1. The van der Waals surface area contributed by atoms with Crippen molar-refractivity contribution in [3.05, 3.63) is 58.9 Å². The quantitative estimate of drug-likeness (QED) is 0.829. The highest BCUT2D eigenvalue weighted by Crippen LogP contribution is 2.17. The molecule has 0 spiro atoms. The van der Waals surface area contributed by atoms with Crippen LogP contribution in [-0.4, -0.2) is 17.4 Å². The summed E-state index contributed by atoms with van der Waals surface area (Å²) in [5.41, 5.74) is 9.21. The number of hydrogen-bond acceptors (Lipinski definition) is 3. The molecule has 1 aromatic carbocycles. The average molecular weight is 279 g/mol. The first-order valence-corrected chi connectivity index (χ1v) is 6.64. The van der Waals surface area contributed by atoms with E-state index in [0.717, 1.165) is 22.4 Å². The lowest BCUT2D eigenvalue weighted by Crippen LogP contribution is -2.15. The molecule has 0 atom stereocenters. The van der Waals surface area contributed by atoms with Gasteiger partial charge in [0, 0.05) is 17.4 Å². The summed E-state index contributed by atoms with van der Waals surface area (Å²) in [7, 11) is 0. The second-order valence-electron chi connectivity index (χ2n) is 4.66. The second-order valence-corrected chi connectivity index (χ2v) is 4.66. The molecule has 0 fully saturated rings. The first kappa shape index (κ1) is 14.8. The Morgan fingerprint density at radius 3 is 2.76 bits per heavy atom. The van der Waals surface area contributed by atoms with Crippen LogP contribution >= 0.6 is 0 Å². The molecule has 21 heavy (non-hydrogen) atoms. The lowest BCUT2D eigenvalue weighted by Gasteiger charge is -2.09. The Morgan fingerprint density at radius 1 is 1.29 bits per heavy atom. The molecular weight excluding hydrogens is 262 g/mol. The van der Waals surface area contributed by atoms with E-state index in [1.54, 1.807) is 6.20 Å². The standard InChI is InChI=1S/C17H17N3O/c1-12-5-4-10-19-16(12)17(21)20-15-8-7-14(6-3-9-18)11-13(15)2/h4-5,7-8,10-11H,9,18H2,1-2H3,(H,20,21). The molecule has 2 aromatic rings. The van der Waals surface area contributed by atoms with Gasteiger partial charge in [0.15, 0.2) is 0 Å². The number of nitrogens with one attached hydrogen (secondary N) is 1. The number of anilines is 1. The first-order valence-electron chi connectivity index (χ1n) is 6.64. The van der Waals surface area contributed by atoms with E-state index in [-0.39, 0.29) is 5.91 Å². The van der Waals surface area contributed by atoms with Crippen LogP contribution in [0, 0.1) is 25.7 Å². The van der Waals surface area contributed by atoms with Crippen molar-refractivity contribution in [2.24, 2.45) is 5.73 Å². The summed E-state index contributed by atoms with van der Waals surface area (Å²) in [6, 6.07) is 9.29. The molecule has 1 aromatic heterocycles. The fraction of sp³-hybridized carbons (Fsp3) is 0.176. The summed E-state index contributed by atoms with van der Waals surface area (Å²) in [5.74, 6) is 5.56. The van der Waals surface area contributed by atoms with Crippen molar-refractivity contribution in [1.29, 1.82) is 0 Å². The highest BCUT2D eigenvalue weighted by atomic mass is 16.1. The van der Waals surface area contributed by atoms with Crippen molar-refractivity contribution in [3.8, 4) is 11.8 Å². The fourth-order valence-corrected chi connectivity index (χ4v) is 1.94. The van der Waals surface area contributed by atoms with Crippen LogP contribution in [-0.2, 0) is 0 Å². The molecule has 0 radical (unpaired) electrons. The van der Waals surface area contributed by atoms with Gasteiger partial charge in [0.2, 0.25) is 0 Å². The summed E-state index contributed by atoms with van der Waals surface area (Å²) in [5, 5.41) is 2.88. The van der Waals surface area contributed by atoms with Gasteiger partial charge in [0.1, 0.15) is 5.69 Å². The molecule has 4 heteroatoms. The van der Waals surface area contributed by atoms with Gasteiger partial charge < -0.3 is 11.1 Å². The third-order valence-corrected chi connectivity index (χ3v) is 3.03. The largest absolute Gasteiger partial charge is 0.320 e. The smallest absolute Gasteiger partial charge is 0.274 e. The van der Waals surface area contributed by atoms with E-state index in [9.17, 15) is 4.79 Å². The van der Waals surface area contributed by atoms with Crippen molar-refractivity contribution >= 4 is 11.6 Å². The van der Waals surface area contributed by atoms with Crippen LogP contribution in [0.15, 0.2) is 36.5 Å². The Bertz CT molecular complexity index is 726. The second kappa shape index (κ2) is 6.69. The predicted molar refractivity (Wildman–Crippen MR) is 84.0 cm³/mol. The molecule has 0 bridgehead atoms. The molecule has 1 amide bonds. The SMILES string of the molecule is Cc1cc(C#CCN)ccc1NC(=O)c1ncccc1C. The molecule has 0 saturated heterocycles. The summed E-state index contributed by atoms with van der Waals surface area (Å²) < 4.78 is 0. The van der Waals surface area contributed by atoms with Crippen LogP contribution < -0.4 is 11.1 Å². The van der Waals surface area contributed by atoms with Crippen molar-refractivity contribution in [2.45, 2.75) is 13.8 Å². The van der Waals surface area contributed by atoms with Gasteiger partial charge in [0.25, 0.3) is 5.91 Å². The number of aromatic nitrogens is 1. The summed E-state index contributed by atoms with van der Waals surface area (Å²) >= 11 is 0. The highest BCUT2D eigenvalue weighted by Gasteiger charge is 2.11. The zero-order valence-corrected chi connectivity index (χ0v) is 12.1. The number of benzene rings is 1. The highest BCUT2D eigenvalue weighted by molar-refractivity contribution is 6.04. The van der Waals surface area contributed by atoms with Crippen molar-refractivity contribution in [2.75, 3.05) is 11.9 Å². The molecule has 0 saturated carbocycles. The molecule has 106 valence electrons. The average Bonchev–Trinajstić information content (AvgIpc) is 2.48. The number of aryl methyl sites for hydroxylation is 2. The third-order valence-electron chi connectivity index (χ3n) is 3.03. The Balaban J connectivity index is 2.20. The van der Waals surface area contributed by atoms with Crippen molar-refractivity contribution in [3.63, 3.8) is 0 Å². The maximum absolute atomic E-state index is 12.2. The molecule has 3 N–H and O–H groups in total. The maximum atomic E-state index is 12.2.